The van der Waals surface area contributed by atoms with Crippen molar-refractivity contribution in [3.8, 4) is 11.8 Å². The van der Waals surface area contributed by atoms with Crippen molar-refractivity contribution in [2.24, 2.45) is 0 Å². The van der Waals surface area contributed by atoms with Crippen molar-refractivity contribution in [3.63, 3.8) is 0 Å². The summed E-state index contributed by atoms with van der Waals surface area (Å²) < 4.78 is 15.9. The number of hydrogen-bond acceptors (Lipinski definition) is 3. The van der Waals surface area contributed by atoms with E-state index in [0.29, 0.717) is 43.1 Å². The third kappa shape index (κ3) is 3.55. The first-order valence-corrected chi connectivity index (χ1v) is 9.97. The molecule has 1 fully saturated rings. The molecule has 1 saturated heterocycles. The van der Waals surface area contributed by atoms with Crippen LogP contribution < -0.4 is 4.90 Å². The van der Waals surface area contributed by atoms with Crippen molar-refractivity contribution in [3.05, 3.63) is 82.9 Å². The van der Waals surface area contributed by atoms with Gasteiger partial charge in [0.1, 0.15) is 17.6 Å². The van der Waals surface area contributed by atoms with Crippen molar-refractivity contribution in [2.45, 2.75) is 13.8 Å². The molecule has 1 aliphatic rings. The number of amides is 1. The third-order valence-electron chi connectivity index (χ3n) is 5.58. The maximum atomic E-state index is 14.1. The Morgan fingerprint density at radius 2 is 1.73 bits per heavy atom. The quantitative estimate of drug-likeness (QED) is 0.664. The molecule has 0 radical (unpaired) electrons. The van der Waals surface area contributed by atoms with Crippen LogP contribution in [0, 0.1) is 31.0 Å². The molecule has 0 atom stereocenters. The molecular weight excluding hydrogens is 379 g/mol. The number of anilines is 1. The third-order valence-corrected chi connectivity index (χ3v) is 5.58. The summed E-state index contributed by atoms with van der Waals surface area (Å²) in [5.74, 6) is -0.433. The summed E-state index contributed by atoms with van der Waals surface area (Å²) in [6.45, 7) is 6.04. The average molecular weight is 402 g/mol. The van der Waals surface area contributed by atoms with E-state index in [1.807, 2.05) is 36.9 Å². The lowest BCUT2D eigenvalue weighted by molar-refractivity contribution is 0.0738. The summed E-state index contributed by atoms with van der Waals surface area (Å²) in [7, 11) is 0. The van der Waals surface area contributed by atoms with E-state index in [4.69, 9.17) is 0 Å². The Morgan fingerprint density at radius 1 is 1.00 bits per heavy atom. The van der Waals surface area contributed by atoms with Crippen molar-refractivity contribution in [1.82, 2.24) is 9.47 Å². The lowest BCUT2D eigenvalue weighted by atomic mass is 10.1. The fraction of sp³-hybridized carbons (Fsp3) is 0.250. The second kappa shape index (κ2) is 8.03. The van der Waals surface area contributed by atoms with Crippen LogP contribution in [-0.2, 0) is 0 Å². The highest BCUT2D eigenvalue weighted by Gasteiger charge is 2.28. The van der Waals surface area contributed by atoms with E-state index in [1.165, 1.54) is 6.07 Å². The lowest BCUT2D eigenvalue weighted by Gasteiger charge is -2.36. The number of rotatable bonds is 3. The smallest absolute Gasteiger partial charge is 0.272 e. The normalized spacial score (nSPS) is 13.9. The van der Waals surface area contributed by atoms with Gasteiger partial charge < -0.3 is 14.4 Å². The number of halogens is 1. The van der Waals surface area contributed by atoms with Crippen LogP contribution in [0.3, 0.4) is 0 Å². The number of benzene rings is 2. The molecule has 0 saturated carbocycles. The molecular formula is C24H23FN4O. The van der Waals surface area contributed by atoms with E-state index in [0.717, 1.165) is 16.8 Å². The van der Waals surface area contributed by atoms with Crippen LogP contribution in [0.1, 0.15) is 27.2 Å². The van der Waals surface area contributed by atoms with E-state index in [2.05, 4.69) is 12.1 Å². The second-order valence-corrected chi connectivity index (χ2v) is 7.58. The van der Waals surface area contributed by atoms with Gasteiger partial charge in [-0.1, -0.05) is 29.8 Å². The topological polar surface area (TPSA) is 52.3 Å². The van der Waals surface area contributed by atoms with Crippen LogP contribution in [0.4, 0.5) is 10.1 Å². The predicted molar refractivity (Wildman–Crippen MR) is 114 cm³/mol. The van der Waals surface area contributed by atoms with E-state index < -0.39 is 0 Å². The highest BCUT2D eigenvalue weighted by molar-refractivity contribution is 5.96. The van der Waals surface area contributed by atoms with Gasteiger partial charge in [0, 0.05) is 38.1 Å². The summed E-state index contributed by atoms with van der Waals surface area (Å²) >= 11 is 0. The van der Waals surface area contributed by atoms with E-state index in [-0.39, 0.29) is 11.7 Å². The van der Waals surface area contributed by atoms with Gasteiger partial charge in [-0.2, -0.15) is 5.26 Å². The monoisotopic (exact) mass is 402 g/mol. The number of piperazine rings is 1. The molecule has 30 heavy (non-hydrogen) atoms. The number of hydrogen-bond donors (Lipinski definition) is 0. The van der Waals surface area contributed by atoms with Crippen LogP contribution in [0.15, 0.2) is 54.7 Å². The number of carbonyl (C=O) groups excluding carboxylic acids is 1. The van der Waals surface area contributed by atoms with Gasteiger partial charge in [-0.25, -0.2) is 4.39 Å². The van der Waals surface area contributed by atoms with Crippen LogP contribution in [0.5, 0.6) is 0 Å². The van der Waals surface area contributed by atoms with E-state index in [1.54, 1.807) is 33.9 Å². The van der Waals surface area contributed by atoms with Gasteiger partial charge in [0.05, 0.1) is 11.3 Å². The highest BCUT2D eigenvalue weighted by atomic mass is 19.1. The molecule has 0 aliphatic carbocycles. The van der Waals surface area contributed by atoms with Gasteiger partial charge in [0.15, 0.2) is 0 Å². The maximum absolute atomic E-state index is 14.1. The summed E-state index contributed by atoms with van der Waals surface area (Å²) in [5.41, 5.74) is 4.35. The highest BCUT2D eigenvalue weighted by Crippen LogP contribution is 2.24. The Hall–Kier alpha value is -3.59. The van der Waals surface area contributed by atoms with Crippen LogP contribution in [-0.4, -0.2) is 41.6 Å². The van der Waals surface area contributed by atoms with Gasteiger partial charge in [-0.15, -0.1) is 0 Å². The maximum Gasteiger partial charge on any atom is 0.272 e. The summed E-state index contributed by atoms with van der Waals surface area (Å²) in [6, 6.07) is 16.5. The van der Waals surface area contributed by atoms with Gasteiger partial charge in [-0.3, -0.25) is 4.79 Å². The number of aryl methyl sites for hydroxylation is 2. The van der Waals surface area contributed by atoms with Crippen molar-refractivity contribution >= 4 is 11.6 Å². The van der Waals surface area contributed by atoms with Crippen LogP contribution >= 0.6 is 0 Å². The fourth-order valence-electron chi connectivity index (χ4n) is 4.03. The van der Waals surface area contributed by atoms with E-state index in [9.17, 15) is 14.4 Å². The van der Waals surface area contributed by atoms with Crippen molar-refractivity contribution in [1.29, 1.82) is 5.26 Å². The van der Waals surface area contributed by atoms with Crippen molar-refractivity contribution in [2.75, 3.05) is 31.1 Å². The van der Waals surface area contributed by atoms with Crippen LogP contribution in [0.2, 0.25) is 0 Å². The van der Waals surface area contributed by atoms with E-state index >= 15 is 0 Å². The zero-order valence-electron chi connectivity index (χ0n) is 17.1. The number of para-hydroxylation sites is 1. The Morgan fingerprint density at radius 3 is 2.40 bits per heavy atom. The molecule has 152 valence electrons. The first-order chi connectivity index (χ1) is 14.5. The average Bonchev–Trinajstić information content (AvgIpc) is 3.17. The van der Waals surface area contributed by atoms with Gasteiger partial charge in [0.2, 0.25) is 0 Å². The zero-order chi connectivity index (χ0) is 21.3. The van der Waals surface area contributed by atoms with Gasteiger partial charge >= 0.3 is 0 Å². The zero-order valence-corrected chi connectivity index (χ0v) is 17.1. The summed E-state index contributed by atoms with van der Waals surface area (Å²) in [4.78, 5) is 17.1. The SMILES string of the molecule is Cc1ccc(-n2ccc(C#N)c2C(=O)N2CCN(c3ccccc3F)CC2)c(C)c1. The molecule has 3 aromatic rings. The Bertz CT molecular complexity index is 1140. The van der Waals surface area contributed by atoms with Gasteiger partial charge in [0.25, 0.3) is 5.91 Å². The first kappa shape index (κ1) is 19.7. The molecule has 1 aliphatic heterocycles. The molecule has 0 spiro atoms. The summed E-state index contributed by atoms with van der Waals surface area (Å²) in [5, 5.41) is 9.58. The standard InChI is InChI=1S/C24H23FN4O/c1-17-7-8-21(18(2)15-17)29-10-9-19(16-26)23(29)24(30)28-13-11-27(12-14-28)22-6-4-3-5-20(22)25/h3-10,15H,11-14H2,1-2H3. The van der Waals surface area contributed by atoms with Gasteiger partial charge in [-0.05, 0) is 43.7 Å². The molecule has 2 heterocycles. The minimum absolute atomic E-state index is 0.176. The minimum atomic E-state index is -0.257. The molecule has 1 amide bonds. The molecule has 0 N–H and O–H groups in total. The first-order valence-electron chi connectivity index (χ1n) is 9.97. The number of nitrogens with zero attached hydrogens (tertiary/aromatic N) is 4. The lowest BCUT2D eigenvalue weighted by Crippen LogP contribution is -2.49. The molecule has 0 unspecified atom stereocenters. The summed E-state index contributed by atoms with van der Waals surface area (Å²) in [6.07, 6.45) is 1.78. The molecule has 0 bridgehead atoms. The molecule has 5 nitrogen and oxygen atoms in total. The Labute approximate surface area is 175 Å². The molecule has 6 heteroatoms. The number of carbonyl (C=O) groups is 1. The number of aromatic nitrogens is 1. The molecule has 1 aromatic heterocycles. The Balaban J connectivity index is 1.59. The molecule has 4 rings (SSSR count). The largest absolute Gasteiger partial charge is 0.366 e. The second-order valence-electron chi connectivity index (χ2n) is 7.58. The Kier molecular flexibility index (Phi) is 5.28. The van der Waals surface area contributed by atoms with Crippen LogP contribution in [0.25, 0.3) is 5.69 Å². The molecule has 2 aromatic carbocycles. The minimum Gasteiger partial charge on any atom is -0.366 e. The predicted octanol–water partition coefficient (Wildman–Crippen LogP) is 4.07. The van der Waals surface area contributed by atoms with Crippen molar-refractivity contribution < 1.29 is 9.18 Å². The fourth-order valence-corrected chi connectivity index (χ4v) is 4.03. The number of nitriles is 1.